The van der Waals surface area contributed by atoms with Gasteiger partial charge in [-0.3, -0.25) is 14.4 Å². The summed E-state index contributed by atoms with van der Waals surface area (Å²) < 4.78 is 16.9. The van der Waals surface area contributed by atoms with E-state index in [4.69, 9.17) is 14.2 Å². The van der Waals surface area contributed by atoms with Gasteiger partial charge in [0.2, 0.25) is 0 Å². The van der Waals surface area contributed by atoms with Crippen molar-refractivity contribution in [2.45, 2.75) is 309 Å². The van der Waals surface area contributed by atoms with E-state index >= 15 is 0 Å². The van der Waals surface area contributed by atoms with E-state index in [0.717, 1.165) is 135 Å². The molecule has 0 bridgehead atoms. The van der Waals surface area contributed by atoms with E-state index < -0.39 is 6.10 Å². The van der Waals surface area contributed by atoms with Gasteiger partial charge in [-0.25, -0.2) is 0 Å². The van der Waals surface area contributed by atoms with Gasteiger partial charge >= 0.3 is 17.9 Å². The highest BCUT2D eigenvalue weighted by atomic mass is 16.6. The number of allylic oxidation sites excluding steroid dienone is 18. The summed E-state index contributed by atoms with van der Waals surface area (Å²) >= 11 is 0. The molecule has 0 saturated carbocycles. The summed E-state index contributed by atoms with van der Waals surface area (Å²) in [7, 11) is 0. The van der Waals surface area contributed by atoms with Gasteiger partial charge in [-0.05, 0) is 103 Å². The standard InChI is InChI=1S/C71H120O6/c1-4-7-10-13-16-19-21-23-25-27-29-31-32-33-34-35-36-37-38-40-41-43-45-47-49-52-55-58-61-64-70(73)76-67-68(66-75-69(72)63-60-57-54-51-18-15-12-9-6-3)77-71(74)65-62-59-56-53-50-48-46-44-42-39-30-28-26-24-22-20-17-14-11-8-5-2/h7-8,10-11,16-17,19-20,23-26,29-31,39,44,46,68H,4-6,9,12-15,18,21-22,27-28,32-38,40-43,45,47-67H2,1-3H3/b10-7-,11-8-,19-16-,20-17-,25-23-,26-24-,31-29-,39-30-,46-44-. The van der Waals surface area contributed by atoms with Crippen molar-refractivity contribution in [1.29, 1.82) is 0 Å². The predicted molar refractivity (Wildman–Crippen MR) is 334 cm³/mol. The number of esters is 3. The summed E-state index contributed by atoms with van der Waals surface area (Å²) in [5.41, 5.74) is 0. The number of carbonyl (C=O) groups is 3. The van der Waals surface area contributed by atoms with Gasteiger partial charge < -0.3 is 14.2 Å². The number of carbonyl (C=O) groups excluding carboxylic acids is 3. The van der Waals surface area contributed by atoms with Gasteiger partial charge in [0.15, 0.2) is 6.10 Å². The molecular weight excluding hydrogens is 949 g/mol. The zero-order valence-electron chi connectivity index (χ0n) is 50.4. The first-order valence-corrected chi connectivity index (χ1v) is 32.4. The smallest absolute Gasteiger partial charge is 0.306 e. The molecular formula is C71H120O6. The van der Waals surface area contributed by atoms with Crippen molar-refractivity contribution < 1.29 is 28.6 Å². The fraction of sp³-hybridized carbons (Fsp3) is 0.704. The van der Waals surface area contributed by atoms with Crippen LogP contribution in [0.1, 0.15) is 303 Å². The Morgan fingerprint density at radius 3 is 0.792 bits per heavy atom. The number of rotatable bonds is 58. The molecule has 1 unspecified atom stereocenters. The second kappa shape index (κ2) is 64.6. The van der Waals surface area contributed by atoms with E-state index in [1.54, 1.807) is 0 Å². The Balaban J connectivity index is 4.20. The molecule has 0 aromatic rings. The van der Waals surface area contributed by atoms with Crippen LogP contribution in [0.25, 0.3) is 0 Å². The van der Waals surface area contributed by atoms with Crippen molar-refractivity contribution in [1.82, 2.24) is 0 Å². The molecule has 0 aliphatic rings. The van der Waals surface area contributed by atoms with Crippen LogP contribution < -0.4 is 0 Å². The Bertz CT molecular complexity index is 1560. The molecule has 0 radical (unpaired) electrons. The average Bonchev–Trinajstić information content (AvgIpc) is 3.43. The van der Waals surface area contributed by atoms with E-state index in [1.165, 1.54) is 128 Å². The molecule has 0 rings (SSSR count). The zero-order chi connectivity index (χ0) is 55.7. The van der Waals surface area contributed by atoms with Crippen LogP contribution in [0.15, 0.2) is 109 Å². The van der Waals surface area contributed by atoms with Crippen molar-refractivity contribution in [2.75, 3.05) is 13.2 Å². The molecule has 6 nitrogen and oxygen atoms in total. The van der Waals surface area contributed by atoms with Gasteiger partial charge in [-0.2, -0.15) is 0 Å². The third-order valence-corrected chi connectivity index (χ3v) is 13.8. The van der Waals surface area contributed by atoms with Crippen LogP contribution in [0.4, 0.5) is 0 Å². The maximum absolute atomic E-state index is 12.9. The zero-order valence-corrected chi connectivity index (χ0v) is 50.4. The van der Waals surface area contributed by atoms with Crippen LogP contribution in [-0.2, 0) is 28.6 Å². The minimum Gasteiger partial charge on any atom is -0.462 e. The lowest BCUT2D eigenvalue weighted by Gasteiger charge is -2.18. The normalized spacial score (nSPS) is 12.8. The largest absolute Gasteiger partial charge is 0.462 e. The summed E-state index contributed by atoms with van der Waals surface area (Å²) in [5, 5.41) is 0. The first-order chi connectivity index (χ1) is 38.0. The molecule has 0 amide bonds. The number of ether oxygens (including phenoxy) is 3. The van der Waals surface area contributed by atoms with Crippen molar-refractivity contribution >= 4 is 17.9 Å². The van der Waals surface area contributed by atoms with Gasteiger partial charge in [-0.1, -0.05) is 291 Å². The molecule has 0 spiro atoms. The summed E-state index contributed by atoms with van der Waals surface area (Å²) in [5.74, 6) is -0.897. The van der Waals surface area contributed by atoms with Crippen LogP contribution in [0.2, 0.25) is 0 Å². The lowest BCUT2D eigenvalue weighted by atomic mass is 10.0. The van der Waals surface area contributed by atoms with E-state index in [2.05, 4.69) is 130 Å². The molecule has 0 aliphatic carbocycles. The van der Waals surface area contributed by atoms with Crippen molar-refractivity contribution in [3.05, 3.63) is 109 Å². The van der Waals surface area contributed by atoms with Crippen LogP contribution >= 0.6 is 0 Å². The fourth-order valence-electron chi connectivity index (χ4n) is 8.99. The molecule has 0 saturated heterocycles. The summed E-state index contributed by atoms with van der Waals surface area (Å²) in [6.07, 6.45) is 88.3. The number of hydrogen-bond donors (Lipinski definition) is 0. The molecule has 0 heterocycles. The molecule has 1 atom stereocenters. The Morgan fingerprint density at radius 1 is 0.273 bits per heavy atom. The molecule has 0 N–H and O–H groups in total. The predicted octanol–water partition coefficient (Wildman–Crippen LogP) is 22.2. The maximum atomic E-state index is 12.9. The van der Waals surface area contributed by atoms with E-state index in [9.17, 15) is 14.4 Å². The van der Waals surface area contributed by atoms with E-state index in [-0.39, 0.29) is 31.1 Å². The SMILES string of the molecule is CC/C=C\C/C=C\C/C=C\C/C=C\C/C=C\CCCCCCCC(=O)OC(COC(=O)CCCCCCCCCCC)COC(=O)CCCCCCCCCCCCCCCCCC/C=C\C/C=C\C/C=C\C/C=C\CC. The monoisotopic (exact) mass is 1070 g/mol. The molecule has 440 valence electrons. The first-order valence-electron chi connectivity index (χ1n) is 32.4. The van der Waals surface area contributed by atoms with Gasteiger partial charge in [0, 0.05) is 19.3 Å². The highest BCUT2D eigenvalue weighted by molar-refractivity contribution is 5.71. The Labute approximate surface area is 476 Å². The second-order valence-electron chi connectivity index (χ2n) is 21.3. The van der Waals surface area contributed by atoms with Gasteiger partial charge in [0.05, 0.1) is 0 Å². The molecule has 0 aromatic carbocycles. The van der Waals surface area contributed by atoms with Crippen molar-refractivity contribution in [3.63, 3.8) is 0 Å². The average molecular weight is 1070 g/mol. The minimum atomic E-state index is -0.787. The number of hydrogen-bond acceptors (Lipinski definition) is 6. The maximum Gasteiger partial charge on any atom is 0.306 e. The highest BCUT2D eigenvalue weighted by Crippen LogP contribution is 2.16. The van der Waals surface area contributed by atoms with E-state index in [0.29, 0.717) is 19.3 Å². The van der Waals surface area contributed by atoms with Crippen LogP contribution in [-0.4, -0.2) is 37.2 Å². The van der Waals surface area contributed by atoms with E-state index in [1.807, 2.05) is 0 Å². The Kier molecular flexibility index (Phi) is 61.3. The van der Waals surface area contributed by atoms with Gasteiger partial charge in [-0.15, -0.1) is 0 Å². The lowest BCUT2D eigenvalue weighted by molar-refractivity contribution is -0.167. The fourth-order valence-corrected chi connectivity index (χ4v) is 8.99. The van der Waals surface area contributed by atoms with Gasteiger partial charge in [0.25, 0.3) is 0 Å². The third-order valence-electron chi connectivity index (χ3n) is 13.8. The lowest BCUT2D eigenvalue weighted by Crippen LogP contribution is -2.30. The second-order valence-corrected chi connectivity index (χ2v) is 21.3. The Morgan fingerprint density at radius 2 is 0.506 bits per heavy atom. The summed E-state index contributed by atoms with van der Waals surface area (Å²) in [6.45, 7) is 6.40. The van der Waals surface area contributed by atoms with Crippen LogP contribution in [0.3, 0.4) is 0 Å². The quantitative estimate of drug-likeness (QED) is 0.0261. The van der Waals surface area contributed by atoms with Crippen LogP contribution in [0.5, 0.6) is 0 Å². The summed E-state index contributed by atoms with van der Waals surface area (Å²) in [6, 6.07) is 0. The molecule has 0 aromatic heterocycles. The molecule has 0 fully saturated rings. The molecule has 77 heavy (non-hydrogen) atoms. The number of unbranched alkanes of at least 4 members (excludes halogenated alkanes) is 29. The topological polar surface area (TPSA) is 78.9 Å². The van der Waals surface area contributed by atoms with Crippen LogP contribution in [0, 0.1) is 0 Å². The first kappa shape index (κ1) is 73.1. The summed E-state index contributed by atoms with van der Waals surface area (Å²) in [4.78, 5) is 38.2. The molecule has 0 aliphatic heterocycles. The molecule has 6 heteroatoms. The third kappa shape index (κ3) is 62.8. The van der Waals surface area contributed by atoms with Crippen molar-refractivity contribution in [3.8, 4) is 0 Å². The highest BCUT2D eigenvalue weighted by Gasteiger charge is 2.19. The minimum absolute atomic E-state index is 0.0836. The Hall–Kier alpha value is -3.93. The van der Waals surface area contributed by atoms with Gasteiger partial charge in [0.1, 0.15) is 13.2 Å². The van der Waals surface area contributed by atoms with Crippen molar-refractivity contribution in [2.24, 2.45) is 0 Å².